The summed E-state index contributed by atoms with van der Waals surface area (Å²) in [4.78, 5) is 25.8. The lowest BCUT2D eigenvalue weighted by molar-refractivity contribution is -0.122. The largest absolute Gasteiger partial charge is 0.355 e. The third-order valence-electron chi connectivity index (χ3n) is 3.95. The fourth-order valence-electron chi connectivity index (χ4n) is 2.41. The molecular weight excluding hydrogens is 312 g/mol. The Kier molecular flexibility index (Phi) is 4.47. The Morgan fingerprint density at radius 3 is 2.87 bits per heavy atom. The number of hydrogen-bond donors (Lipinski definition) is 3. The van der Waals surface area contributed by atoms with E-state index in [-0.39, 0.29) is 24.2 Å². The van der Waals surface area contributed by atoms with Crippen LogP contribution in [-0.2, 0) is 9.59 Å². The van der Waals surface area contributed by atoms with Gasteiger partial charge < -0.3 is 10.6 Å². The molecule has 0 radical (unpaired) electrons. The molecule has 1 fully saturated rings. The number of nitrogens with zero attached hydrogens (tertiary/aromatic N) is 1. The van der Waals surface area contributed by atoms with Crippen LogP contribution in [0.2, 0.25) is 0 Å². The van der Waals surface area contributed by atoms with Gasteiger partial charge in [0.05, 0.1) is 10.6 Å². The van der Waals surface area contributed by atoms with Crippen molar-refractivity contribution in [2.45, 2.75) is 26.7 Å². The predicted molar refractivity (Wildman–Crippen MR) is 90.2 cm³/mol. The lowest BCUT2D eigenvalue weighted by Gasteiger charge is -2.04. The number of hydrogen-bond acceptors (Lipinski definition) is 4. The molecule has 0 bridgehead atoms. The highest BCUT2D eigenvalue weighted by Crippen LogP contribution is 2.37. The second-order valence-electron chi connectivity index (χ2n) is 5.99. The van der Waals surface area contributed by atoms with Crippen LogP contribution in [0.15, 0.2) is 18.2 Å². The highest BCUT2D eigenvalue weighted by Gasteiger charge is 2.38. The van der Waals surface area contributed by atoms with E-state index in [1.54, 1.807) is 11.3 Å². The first-order chi connectivity index (χ1) is 11.0. The van der Waals surface area contributed by atoms with Gasteiger partial charge in [0.15, 0.2) is 5.82 Å². The van der Waals surface area contributed by atoms with E-state index in [9.17, 15) is 9.59 Å². The molecule has 0 aromatic carbocycles. The Balaban J connectivity index is 1.45. The molecular formula is C16H20N4O2S. The number of aryl methyl sites for hydroxylation is 1. The summed E-state index contributed by atoms with van der Waals surface area (Å²) in [6, 6.07) is 5.88. The monoisotopic (exact) mass is 332 g/mol. The zero-order chi connectivity index (χ0) is 16.4. The third-order valence-corrected chi connectivity index (χ3v) is 4.98. The number of H-pyrrole nitrogens is 1. The first-order valence-electron chi connectivity index (χ1n) is 7.72. The Bertz CT molecular complexity index is 721. The minimum absolute atomic E-state index is 0.0559. The Hall–Kier alpha value is -2.15. The van der Waals surface area contributed by atoms with Gasteiger partial charge in [-0.15, -0.1) is 11.3 Å². The van der Waals surface area contributed by atoms with Crippen LogP contribution in [0.25, 0.3) is 10.6 Å². The van der Waals surface area contributed by atoms with Crippen LogP contribution in [-0.4, -0.2) is 28.6 Å². The van der Waals surface area contributed by atoms with Crippen molar-refractivity contribution in [1.82, 2.24) is 15.5 Å². The SMILES string of the molecule is Cc1ccc(-c2cc(NC(=O)CCNC(=O)[C@@H]3C[C@H]3C)n[nH]2)s1. The molecule has 23 heavy (non-hydrogen) atoms. The lowest BCUT2D eigenvalue weighted by atomic mass is 10.3. The maximum Gasteiger partial charge on any atom is 0.227 e. The van der Waals surface area contributed by atoms with Crippen molar-refractivity contribution in [1.29, 1.82) is 0 Å². The highest BCUT2D eigenvalue weighted by atomic mass is 32.1. The molecule has 7 heteroatoms. The van der Waals surface area contributed by atoms with Crippen molar-refractivity contribution in [3.63, 3.8) is 0 Å². The van der Waals surface area contributed by atoms with Gasteiger partial charge in [-0.3, -0.25) is 14.7 Å². The van der Waals surface area contributed by atoms with Crippen LogP contribution in [0.1, 0.15) is 24.6 Å². The minimum atomic E-state index is -0.158. The van der Waals surface area contributed by atoms with E-state index >= 15 is 0 Å². The lowest BCUT2D eigenvalue weighted by Crippen LogP contribution is -2.29. The standard InChI is InChI=1S/C16H20N4O2S/c1-9-7-11(9)16(22)17-6-5-15(21)18-14-8-12(19-20-14)13-4-3-10(2)23-13/h3-4,8-9,11H,5-7H2,1-2H3,(H,17,22)(H2,18,19,20,21)/t9-,11-/m1/s1. The molecule has 122 valence electrons. The molecule has 6 nitrogen and oxygen atoms in total. The van der Waals surface area contributed by atoms with Crippen molar-refractivity contribution >= 4 is 29.0 Å². The molecule has 2 heterocycles. The molecule has 2 aromatic heterocycles. The van der Waals surface area contributed by atoms with Crippen molar-refractivity contribution in [2.75, 3.05) is 11.9 Å². The van der Waals surface area contributed by atoms with E-state index in [0.29, 0.717) is 18.3 Å². The second-order valence-corrected chi connectivity index (χ2v) is 7.27. The van der Waals surface area contributed by atoms with E-state index in [4.69, 9.17) is 0 Å². The summed E-state index contributed by atoms with van der Waals surface area (Å²) >= 11 is 1.67. The van der Waals surface area contributed by atoms with Crippen LogP contribution < -0.4 is 10.6 Å². The first kappa shape index (κ1) is 15.7. The number of anilines is 1. The molecule has 1 aliphatic rings. The van der Waals surface area contributed by atoms with Crippen molar-refractivity contribution in [2.24, 2.45) is 11.8 Å². The summed E-state index contributed by atoms with van der Waals surface area (Å²) in [5, 5.41) is 12.6. The molecule has 0 spiro atoms. The third kappa shape index (κ3) is 3.98. The summed E-state index contributed by atoms with van der Waals surface area (Å²) in [6.45, 7) is 4.46. The van der Waals surface area contributed by atoms with Crippen LogP contribution >= 0.6 is 11.3 Å². The van der Waals surface area contributed by atoms with Crippen LogP contribution in [0.3, 0.4) is 0 Å². The van der Waals surface area contributed by atoms with Crippen LogP contribution in [0, 0.1) is 18.8 Å². The predicted octanol–water partition coefficient (Wildman–Crippen LogP) is 2.55. The number of nitrogens with one attached hydrogen (secondary N) is 3. The number of thiophene rings is 1. The van der Waals surface area contributed by atoms with Gasteiger partial charge in [0.1, 0.15) is 0 Å². The molecule has 0 unspecified atom stereocenters. The number of carbonyl (C=O) groups is 2. The van der Waals surface area contributed by atoms with E-state index in [1.807, 2.05) is 25.1 Å². The smallest absolute Gasteiger partial charge is 0.227 e. The number of aromatic nitrogens is 2. The molecule has 0 saturated heterocycles. The van der Waals surface area contributed by atoms with E-state index in [2.05, 4.69) is 27.8 Å². The molecule has 2 aromatic rings. The first-order valence-corrected chi connectivity index (χ1v) is 8.54. The number of carbonyl (C=O) groups excluding carboxylic acids is 2. The van der Waals surface area contributed by atoms with Crippen molar-refractivity contribution < 1.29 is 9.59 Å². The van der Waals surface area contributed by atoms with Gasteiger partial charge in [-0.1, -0.05) is 6.92 Å². The Morgan fingerprint density at radius 2 is 2.22 bits per heavy atom. The van der Waals surface area contributed by atoms with Gasteiger partial charge in [0.2, 0.25) is 11.8 Å². The topological polar surface area (TPSA) is 86.9 Å². The van der Waals surface area contributed by atoms with Crippen LogP contribution in [0.5, 0.6) is 0 Å². The average Bonchev–Trinajstić information content (AvgIpc) is 2.88. The molecule has 1 saturated carbocycles. The van der Waals surface area contributed by atoms with E-state index < -0.39 is 0 Å². The molecule has 2 atom stereocenters. The number of aromatic amines is 1. The highest BCUT2D eigenvalue weighted by molar-refractivity contribution is 7.15. The van der Waals surface area contributed by atoms with Gasteiger partial charge in [-0.2, -0.15) is 5.10 Å². The zero-order valence-corrected chi connectivity index (χ0v) is 14.0. The zero-order valence-electron chi connectivity index (χ0n) is 13.2. The van der Waals surface area contributed by atoms with E-state index in [0.717, 1.165) is 17.0 Å². The summed E-state index contributed by atoms with van der Waals surface area (Å²) < 4.78 is 0. The van der Waals surface area contributed by atoms with Gasteiger partial charge in [-0.05, 0) is 31.4 Å². The Labute approximate surface area is 138 Å². The molecule has 3 rings (SSSR count). The number of rotatable bonds is 6. The van der Waals surface area contributed by atoms with Crippen molar-refractivity contribution in [3.8, 4) is 10.6 Å². The summed E-state index contributed by atoms with van der Waals surface area (Å²) in [7, 11) is 0. The molecule has 1 aliphatic carbocycles. The van der Waals surface area contributed by atoms with Gasteiger partial charge in [0, 0.05) is 29.8 Å². The summed E-state index contributed by atoms with van der Waals surface area (Å²) in [5.41, 5.74) is 0.884. The fraction of sp³-hybridized carbons (Fsp3) is 0.438. The normalized spacial score (nSPS) is 19.4. The molecule has 3 N–H and O–H groups in total. The average molecular weight is 332 g/mol. The maximum atomic E-state index is 11.9. The summed E-state index contributed by atoms with van der Waals surface area (Å²) in [5.74, 6) is 1.02. The molecule has 2 amide bonds. The fourth-order valence-corrected chi connectivity index (χ4v) is 3.25. The van der Waals surface area contributed by atoms with Crippen LogP contribution in [0.4, 0.5) is 5.82 Å². The summed E-state index contributed by atoms with van der Waals surface area (Å²) in [6.07, 6.45) is 1.20. The van der Waals surface area contributed by atoms with Crippen molar-refractivity contribution in [3.05, 3.63) is 23.1 Å². The van der Waals surface area contributed by atoms with Gasteiger partial charge in [-0.25, -0.2) is 0 Å². The quantitative estimate of drug-likeness (QED) is 0.760. The van der Waals surface area contributed by atoms with Gasteiger partial charge in [0.25, 0.3) is 0 Å². The second kappa shape index (κ2) is 6.54. The van der Waals surface area contributed by atoms with Gasteiger partial charge >= 0.3 is 0 Å². The number of amides is 2. The molecule has 0 aliphatic heterocycles. The maximum absolute atomic E-state index is 11.9. The Morgan fingerprint density at radius 1 is 1.43 bits per heavy atom. The van der Waals surface area contributed by atoms with E-state index in [1.165, 1.54) is 4.88 Å². The minimum Gasteiger partial charge on any atom is -0.355 e.